The summed E-state index contributed by atoms with van der Waals surface area (Å²) in [5.74, 6) is 0.108. The fourth-order valence-electron chi connectivity index (χ4n) is 3.84. The van der Waals surface area contributed by atoms with Gasteiger partial charge >= 0.3 is 5.97 Å². The summed E-state index contributed by atoms with van der Waals surface area (Å²) in [5, 5.41) is 6.16. The summed E-state index contributed by atoms with van der Waals surface area (Å²) in [6.07, 6.45) is 5.01. The first-order valence-corrected chi connectivity index (χ1v) is 11.0. The molecule has 2 N–H and O–H groups in total. The van der Waals surface area contributed by atoms with Crippen molar-refractivity contribution in [3.05, 3.63) is 78.4 Å². The van der Waals surface area contributed by atoms with Gasteiger partial charge in [0.1, 0.15) is 11.9 Å². The molecule has 1 aromatic heterocycles. The van der Waals surface area contributed by atoms with Crippen molar-refractivity contribution in [2.75, 3.05) is 19.0 Å². The van der Waals surface area contributed by atoms with Crippen LogP contribution in [0.2, 0.25) is 0 Å². The summed E-state index contributed by atoms with van der Waals surface area (Å²) >= 11 is 0. The molecule has 1 aromatic carbocycles. The molecule has 1 aliphatic rings. The molecule has 2 heterocycles. The number of amides is 1. The summed E-state index contributed by atoms with van der Waals surface area (Å²) in [6, 6.07) is 11.0. The first-order valence-electron chi connectivity index (χ1n) is 11.0. The highest BCUT2D eigenvalue weighted by atomic mass is 16.6. The zero-order valence-electron chi connectivity index (χ0n) is 19.2. The number of ether oxygens (including phenoxy) is 2. The minimum absolute atomic E-state index is 0.197. The predicted octanol–water partition coefficient (Wildman–Crippen LogP) is 3.71. The van der Waals surface area contributed by atoms with Gasteiger partial charge in [0.15, 0.2) is 0 Å². The lowest BCUT2D eigenvalue weighted by molar-refractivity contribution is -0.144. The van der Waals surface area contributed by atoms with Crippen LogP contribution >= 0.6 is 0 Å². The molecule has 33 heavy (non-hydrogen) atoms. The Morgan fingerprint density at radius 1 is 1.27 bits per heavy atom. The van der Waals surface area contributed by atoms with E-state index in [4.69, 9.17) is 9.47 Å². The lowest BCUT2D eigenvalue weighted by Crippen LogP contribution is -2.45. The second-order valence-corrected chi connectivity index (χ2v) is 8.16. The molecule has 1 aliphatic heterocycles. The number of esters is 1. The van der Waals surface area contributed by atoms with Crippen molar-refractivity contribution in [1.29, 1.82) is 0 Å². The number of hydrogen-bond donors (Lipinski definition) is 2. The number of nitrogens with one attached hydrogen (secondary N) is 2. The number of allylic oxidation sites excluding steroid dienone is 1. The number of benzene rings is 1. The van der Waals surface area contributed by atoms with Crippen LogP contribution in [-0.2, 0) is 22.4 Å². The van der Waals surface area contributed by atoms with Crippen molar-refractivity contribution in [2.24, 2.45) is 5.92 Å². The van der Waals surface area contributed by atoms with Crippen molar-refractivity contribution in [1.82, 2.24) is 10.3 Å². The molecule has 7 heteroatoms. The molecule has 0 radical (unpaired) electrons. The third-order valence-corrected chi connectivity index (χ3v) is 5.55. The molecule has 1 fully saturated rings. The highest BCUT2D eigenvalue weighted by Gasteiger charge is 2.37. The average Bonchev–Trinajstić information content (AvgIpc) is 3.15. The SMILES string of the molecule is C=CCNc1cc(C(=O)N[C@@H](Cc2cccc(CC=C)c2)[C@@H]2C[C@@H](C)C(=O)O2)cc(OC)n1. The first-order chi connectivity index (χ1) is 15.9. The number of methoxy groups -OCH3 is 1. The molecule has 0 unspecified atom stereocenters. The maximum absolute atomic E-state index is 13.2. The number of cyclic esters (lactones) is 1. The number of rotatable bonds is 11. The standard InChI is InChI=1S/C26H31N3O4/c1-5-8-18-9-7-10-19(13-18)14-21(22-12-17(3)26(31)33-22)28-25(30)20-15-23(27-11-6-2)29-24(16-20)32-4/h5-7,9-10,13,15-17,21-22H,1-2,8,11-12,14H2,3-4H3,(H,27,29)(H,28,30)/t17-,21+,22+/m1/s1. The third-order valence-electron chi connectivity index (χ3n) is 5.55. The maximum atomic E-state index is 13.2. The fourth-order valence-corrected chi connectivity index (χ4v) is 3.84. The Kier molecular flexibility index (Phi) is 8.24. The Labute approximate surface area is 194 Å². The first kappa shape index (κ1) is 24.0. The van der Waals surface area contributed by atoms with Gasteiger partial charge in [-0.05, 0) is 36.5 Å². The summed E-state index contributed by atoms with van der Waals surface area (Å²) in [6.45, 7) is 9.83. The van der Waals surface area contributed by atoms with Crippen LogP contribution in [0.15, 0.2) is 61.7 Å². The molecule has 0 saturated carbocycles. The second kappa shape index (κ2) is 11.3. The summed E-state index contributed by atoms with van der Waals surface area (Å²) in [4.78, 5) is 29.6. The van der Waals surface area contributed by atoms with Gasteiger partial charge in [0, 0.05) is 18.2 Å². The Bertz CT molecular complexity index is 1020. The van der Waals surface area contributed by atoms with Crippen LogP contribution < -0.4 is 15.4 Å². The van der Waals surface area contributed by atoms with E-state index >= 15 is 0 Å². The minimum Gasteiger partial charge on any atom is -0.481 e. The van der Waals surface area contributed by atoms with Crippen LogP contribution in [0.25, 0.3) is 0 Å². The van der Waals surface area contributed by atoms with Crippen molar-refractivity contribution < 1.29 is 19.1 Å². The molecule has 2 aromatic rings. The minimum atomic E-state index is -0.401. The van der Waals surface area contributed by atoms with Crippen LogP contribution in [0.5, 0.6) is 5.88 Å². The van der Waals surface area contributed by atoms with Crippen LogP contribution in [0, 0.1) is 5.92 Å². The summed E-state index contributed by atoms with van der Waals surface area (Å²) in [7, 11) is 1.50. The molecule has 3 atom stereocenters. The lowest BCUT2D eigenvalue weighted by Gasteiger charge is -2.24. The van der Waals surface area contributed by atoms with Crippen molar-refractivity contribution in [3.8, 4) is 5.88 Å². The summed E-state index contributed by atoms with van der Waals surface area (Å²) < 4.78 is 10.9. The van der Waals surface area contributed by atoms with Gasteiger partial charge in [0.25, 0.3) is 5.91 Å². The van der Waals surface area contributed by atoms with E-state index in [-0.39, 0.29) is 23.8 Å². The molecule has 3 rings (SSSR count). The number of aromatic nitrogens is 1. The van der Waals surface area contributed by atoms with Gasteiger partial charge in [0.2, 0.25) is 5.88 Å². The van der Waals surface area contributed by atoms with Crippen LogP contribution in [-0.4, -0.2) is 42.7 Å². The van der Waals surface area contributed by atoms with Crippen LogP contribution in [0.4, 0.5) is 5.82 Å². The lowest BCUT2D eigenvalue weighted by atomic mass is 9.95. The summed E-state index contributed by atoms with van der Waals surface area (Å²) in [5.41, 5.74) is 2.59. The number of anilines is 1. The molecular weight excluding hydrogens is 418 g/mol. The van der Waals surface area contributed by atoms with E-state index in [1.54, 1.807) is 18.2 Å². The van der Waals surface area contributed by atoms with Crippen molar-refractivity contribution in [3.63, 3.8) is 0 Å². The van der Waals surface area contributed by atoms with Gasteiger partial charge in [-0.15, -0.1) is 13.2 Å². The Morgan fingerprint density at radius 2 is 2.06 bits per heavy atom. The molecule has 174 valence electrons. The Morgan fingerprint density at radius 3 is 2.73 bits per heavy atom. The third kappa shape index (κ3) is 6.44. The van der Waals surface area contributed by atoms with Gasteiger partial charge in [-0.3, -0.25) is 9.59 Å². The zero-order chi connectivity index (χ0) is 23.8. The molecule has 1 saturated heterocycles. The average molecular weight is 450 g/mol. The number of hydrogen-bond acceptors (Lipinski definition) is 6. The van der Waals surface area contributed by atoms with Gasteiger partial charge in [-0.2, -0.15) is 4.98 Å². The normalized spacial score (nSPS) is 18.2. The molecule has 0 bridgehead atoms. The van der Waals surface area contributed by atoms with Gasteiger partial charge < -0.3 is 20.1 Å². The van der Waals surface area contributed by atoms with Crippen LogP contribution in [0.1, 0.15) is 34.8 Å². The van der Waals surface area contributed by atoms with Gasteiger partial charge in [0.05, 0.1) is 19.1 Å². The quantitative estimate of drug-likeness (QED) is 0.402. The van der Waals surface area contributed by atoms with E-state index in [0.717, 1.165) is 17.5 Å². The highest BCUT2D eigenvalue weighted by Crippen LogP contribution is 2.26. The molecule has 0 spiro atoms. The fraction of sp³-hybridized carbons (Fsp3) is 0.346. The van der Waals surface area contributed by atoms with E-state index in [2.05, 4.69) is 34.8 Å². The van der Waals surface area contributed by atoms with E-state index in [1.165, 1.54) is 7.11 Å². The van der Waals surface area contributed by atoms with Crippen molar-refractivity contribution >= 4 is 17.7 Å². The van der Waals surface area contributed by atoms with Gasteiger partial charge in [-0.25, -0.2) is 0 Å². The highest BCUT2D eigenvalue weighted by molar-refractivity contribution is 5.95. The smallest absolute Gasteiger partial charge is 0.309 e. The van der Waals surface area contributed by atoms with Gasteiger partial charge in [-0.1, -0.05) is 43.3 Å². The maximum Gasteiger partial charge on any atom is 0.309 e. The molecule has 1 amide bonds. The number of carbonyl (C=O) groups excluding carboxylic acids is 2. The van der Waals surface area contributed by atoms with Crippen molar-refractivity contribution in [2.45, 2.75) is 38.3 Å². The topological polar surface area (TPSA) is 89.6 Å². The number of nitrogens with zero attached hydrogens (tertiary/aromatic N) is 1. The molecule has 7 nitrogen and oxygen atoms in total. The molecule has 0 aliphatic carbocycles. The van der Waals surface area contributed by atoms with Crippen LogP contribution in [0.3, 0.4) is 0 Å². The number of pyridine rings is 1. The Hall–Kier alpha value is -3.61. The largest absolute Gasteiger partial charge is 0.481 e. The van der Waals surface area contributed by atoms with E-state index in [1.807, 2.05) is 31.2 Å². The monoisotopic (exact) mass is 449 g/mol. The van der Waals surface area contributed by atoms with E-state index in [9.17, 15) is 9.59 Å². The zero-order valence-corrected chi connectivity index (χ0v) is 19.2. The van der Waals surface area contributed by atoms with E-state index in [0.29, 0.717) is 36.6 Å². The molecular formula is C26H31N3O4. The predicted molar refractivity (Wildman–Crippen MR) is 128 cm³/mol. The van der Waals surface area contributed by atoms with E-state index < -0.39 is 6.10 Å². The second-order valence-electron chi connectivity index (χ2n) is 8.16. The Balaban J connectivity index is 1.84. The number of carbonyl (C=O) groups is 2.